The zero-order valence-electron chi connectivity index (χ0n) is 11.1. The minimum absolute atomic E-state index is 0.185. The van der Waals surface area contributed by atoms with Gasteiger partial charge in [0.15, 0.2) is 0 Å². The Morgan fingerprint density at radius 2 is 1.84 bits per heavy atom. The number of nitrogens with one attached hydrogen (secondary N) is 1. The predicted molar refractivity (Wildman–Crippen MR) is 76.4 cm³/mol. The van der Waals surface area contributed by atoms with Gasteiger partial charge in [0.2, 0.25) is 10.0 Å². The second-order valence-electron chi connectivity index (χ2n) is 5.28. The highest BCUT2D eigenvalue weighted by atomic mass is 32.2. The zero-order chi connectivity index (χ0) is 14.0. The first-order valence-corrected chi connectivity index (χ1v) is 8.06. The van der Waals surface area contributed by atoms with Crippen molar-refractivity contribution in [1.29, 1.82) is 0 Å². The molecule has 5 nitrogen and oxygen atoms in total. The number of rotatable bonds is 3. The van der Waals surface area contributed by atoms with Crippen molar-refractivity contribution in [1.82, 2.24) is 0 Å². The largest absolute Gasteiger partial charge is 0.382 e. The highest BCUT2D eigenvalue weighted by Crippen LogP contribution is 2.24. The van der Waals surface area contributed by atoms with Crippen molar-refractivity contribution >= 4 is 15.7 Å². The molecule has 0 spiro atoms. The number of anilines is 1. The molecule has 106 valence electrons. The summed E-state index contributed by atoms with van der Waals surface area (Å²) in [4.78, 5) is 0.185. The highest BCUT2D eigenvalue weighted by molar-refractivity contribution is 7.89. The van der Waals surface area contributed by atoms with Gasteiger partial charge in [-0.05, 0) is 50.3 Å². The van der Waals surface area contributed by atoms with Crippen LogP contribution < -0.4 is 16.2 Å². The second kappa shape index (κ2) is 5.48. The van der Waals surface area contributed by atoms with E-state index in [1.165, 1.54) is 0 Å². The van der Waals surface area contributed by atoms with Crippen LogP contribution in [0.25, 0.3) is 0 Å². The van der Waals surface area contributed by atoms with E-state index in [0.29, 0.717) is 17.6 Å². The Balaban J connectivity index is 2.14. The SMILES string of the molecule is Cc1ccc(NC2CCC(N)CC2)cc1S(N)(=O)=O. The molecular weight excluding hydrogens is 262 g/mol. The van der Waals surface area contributed by atoms with Gasteiger partial charge in [-0.3, -0.25) is 0 Å². The van der Waals surface area contributed by atoms with Crippen LogP contribution in [0.15, 0.2) is 23.1 Å². The summed E-state index contributed by atoms with van der Waals surface area (Å²) in [6, 6.07) is 5.93. The molecule has 1 saturated carbocycles. The quantitative estimate of drug-likeness (QED) is 0.779. The van der Waals surface area contributed by atoms with E-state index in [-0.39, 0.29) is 4.90 Å². The van der Waals surface area contributed by atoms with Crippen LogP contribution in [-0.2, 0) is 10.0 Å². The molecule has 0 bridgehead atoms. The Bertz CT molecular complexity index is 549. The lowest BCUT2D eigenvalue weighted by molar-refractivity contribution is 0.411. The number of aryl methyl sites for hydroxylation is 1. The van der Waals surface area contributed by atoms with Crippen molar-refractivity contribution in [3.63, 3.8) is 0 Å². The Morgan fingerprint density at radius 3 is 2.42 bits per heavy atom. The standard InChI is InChI=1S/C13H21N3O2S/c1-9-2-5-12(8-13(9)19(15,17)18)16-11-6-3-10(14)4-7-11/h2,5,8,10-11,16H,3-4,6-7,14H2,1H3,(H2,15,17,18). The smallest absolute Gasteiger partial charge is 0.238 e. The molecule has 0 aromatic heterocycles. The molecule has 2 rings (SSSR count). The van der Waals surface area contributed by atoms with Crippen molar-refractivity contribution in [2.45, 2.75) is 49.6 Å². The number of nitrogens with two attached hydrogens (primary N) is 2. The molecule has 1 aliphatic rings. The molecule has 0 unspecified atom stereocenters. The average molecular weight is 283 g/mol. The lowest BCUT2D eigenvalue weighted by atomic mass is 9.91. The average Bonchev–Trinajstić information content (AvgIpc) is 2.33. The van der Waals surface area contributed by atoms with E-state index in [9.17, 15) is 8.42 Å². The molecule has 0 saturated heterocycles. The number of primary sulfonamides is 1. The van der Waals surface area contributed by atoms with Crippen molar-refractivity contribution in [3.8, 4) is 0 Å². The first-order chi connectivity index (χ1) is 8.86. The van der Waals surface area contributed by atoms with Crippen LogP contribution in [0.5, 0.6) is 0 Å². The molecule has 1 aromatic rings. The van der Waals surface area contributed by atoms with Crippen molar-refractivity contribution in [2.24, 2.45) is 10.9 Å². The Hall–Kier alpha value is -1.11. The lowest BCUT2D eigenvalue weighted by Crippen LogP contribution is -2.32. The molecule has 1 fully saturated rings. The maximum Gasteiger partial charge on any atom is 0.238 e. The molecule has 19 heavy (non-hydrogen) atoms. The third-order valence-electron chi connectivity index (χ3n) is 3.64. The van der Waals surface area contributed by atoms with Gasteiger partial charge in [0.1, 0.15) is 0 Å². The molecule has 0 amide bonds. The molecule has 0 atom stereocenters. The van der Waals surface area contributed by atoms with Gasteiger partial charge in [0.25, 0.3) is 0 Å². The van der Waals surface area contributed by atoms with Gasteiger partial charge in [0.05, 0.1) is 4.90 Å². The molecular formula is C13H21N3O2S. The minimum atomic E-state index is -3.67. The van der Waals surface area contributed by atoms with Crippen LogP contribution in [0.3, 0.4) is 0 Å². The van der Waals surface area contributed by atoms with E-state index >= 15 is 0 Å². The maximum absolute atomic E-state index is 11.5. The van der Waals surface area contributed by atoms with Crippen molar-refractivity contribution in [3.05, 3.63) is 23.8 Å². The van der Waals surface area contributed by atoms with Gasteiger partial charge in [-0.1, -0.05) is 6.07 Å². The van der Waals surface area contributed by atoms with Crippen LogP contribution in [0.2, 0.25) is 0 Å². The summed E-state index contributed by atoms with van der Waals surface area (Å²) in [7, 11) is -3.67. The number of benzene rings is 1. The Labute approximate surface area is 114 Å². The van der Waals surface area contributed by atoms with Crippen LogP contribution in [0, 0.1) is 6.92 Å². The zero-order valence-corrected chi connectivity index (χ0v) is 11.9. The topological polar surface area (TPSA) is 98.2 Å². The van der Waals surface area contributed by atoms with Gasteiger partial charge in [0, 0.05) is 17.8 Å². The molecule has 6 heteroatoms. The summed E-state index contributed by atoms with van der Waals surface area (Å²) in [6.07, 6.45) is 4.04. The Morgan fingerprint density at radius 1 is 1.21 bits per heavy atom. The summed E-state index contributed by atoms with van der Waals surface area (Å²) in [5.41, 5.74) is 7.33. The van der Waals surface area contributed by atoms with Gasteiger partial charge < -0.3 is 11.1 Å². The van der Waals surface area contributed by atoms with E-state index in [1.807, 2.05) is 6.07 Å². The summed E-state index contributed by atoms with van der Waals surface area (Å²) < 4.78 is 22.9. The van der Waals surface area contributed by atoms with Crippen LogP contribution in [0.4, 0.5) is 5.69 Å². The fraction of sp³-hybridized carbons (Fsp3) is 0.538. The van der Waals surface area contributed by atoms with E-state index in [1.54, 1.807) is 19.1 Å². The van der Waals surface area contributed by atoms with Crippen LogP contribution >= 0.6 is 0 Å². The minimum Gasteiger partial charge on any atom is -0.382 e. The fourth-order valence-corrected chi connectivity index (χ4v) is 3.30. The van der Waals surface area contributed by atoms with Gasteiger partial charge in [-0.25, -0.2) is 13.6 Å². The van der Waals surface area contributed by atoms with Crippen molar-refractivity contribution < 1.29 is 8.42 Å². The van der Waals surface area contributed by atoms with E-state index < -0.39 is 10.0 Å². The number of hydrogen-bond acceptors (Lipinski definition) is 4. The number of sulfonamides is 1. The van der Waals surface area contributed by atoms with E-state index in [4.69, 9.17) is 10.9 Å². The summed E-state index contributed by atoms with van der Waals surface area (Å²) in [6.45, 7) is 1.74. The van der Waals surface area contributed by atoms with Crippen LogP contribution in [0.1, 0.15) is 31.2 Å². The van der Waals surface area contributed by atoms with Crippen molar-refractivity contribution in [2.75, 3.05) is 5.32 Å². The third kappa shape index (κ3) is 3.68. The Kier molecular flexibility index (Phi) is 4.13. The fourth-order valence-electron chi connectivity index (χ4n) is 2.50. The van der Waals surface area contributed by atoms with Crippen LogP contribution in [-0.4, -0.2) is 20.5 Å². The van der Waals surface area contributed by atoms with Gasteiger partial charge in [-0.2, -0.15) is 0 Å². The molecule has 5 N–H and O–H groups in total. The lowest BCUT2D eigenvalue weighted by Gasteiger charge is -2.27. The molecule has 1 aromatic carbocycles. The second-order valence-corrected chi connectivity index (χ2v) is 6.81. The third-order valence-corrected chi connectivity index (χ3v) is 4.69. The number of hydrogen-bond donors (Lipinski definition) is 3. The maximum atomic E-state index is 11.5. The predicted octanol–water partition coefficient (Wildman–Crippen LogP) is 1.32. The summed E-state index contributed by atoms with van der Waals surface area (Å²) in [5.74, 6) is 0. The normalized spacial score (nSPS) is 24.2. The monoisotopic (exact) mass is 283 g/mol. The van der Waals surface area contributed by atoms with E-state index in [2.05, 4.69) is 5.32 Å². The molecule has 0 aliphatic heterocycles. The van der Waals surface area contributed by atoms with E-state index in [0.717, 1.165) is 31.4 Å². The molecule has 0 radical (unpaired) electrons. The first kappa shape index (κ1) is 14.3. The first-order valence-electron chi connectivity index (χ1n) is 6.52. The highest BCUT2D eigenvalue weighted by Gasteiger charge is 2.19. The summed E-state index contributed by atoms with van der Waals surface area (Å²) in [5, 5.41) is 8.57. The van der Waals surface area contributed by atoms with Gasteiger partial charge >= 0.3 is 0 Å². The summed E-state index contributed by atoms with van der Waals surface area (Å²) >= 11 is 0. The van der Waals surface area contributed by atoms with Gasteiger partial charge in [-0.15, -0.1) is 0 Å². The molecule has 1 aliphatic carbocycles. The molecule has 0 heterocycles.